The zero-order valence-electron chi connectivity index (χ0n) is 6.28. The quantitative estimate of drug-likeness (QED) is 0.585. The standard InChI is InChI=1S/C9H6NO2/c1-12-9(11)8-4-2-7(6-10)3-5-8/h2-5H,1H2. The van der Waals surface area contributed by atoms with Gasteiger partial charge >= 0.3 is 5.97 Å². The zero-order chi connectivity index (χ0) is 8.97. The van der Waals surface area contributed by atoms with Gasteiger partial charge in [-0.2, -0.15) is 5.26 Å². The highest BCUT2D eigenvalue weighted by molar-refractivity contribution is 5.89. The molecule has 1 aromatic rings. The van der Waals surface area contributed by atoms with E-state index in [1.54, 1.807) is 12.1 Å². The number of benzene rings is 1. The molecule has 0 aliphatic carbocycles. The van der Waals surface area contributed by atoms with Gasteiger partial charge in [-0.3, -0.25) is 0 Å². The van der Waals surface area contributed by atoms with E-state index in [0.29, 0.717) is 11.1 Å². The van der Waals surface area contributed by atoms with Crippen LogP contribution in [0.2, 0.25) is 0 Å². The van der Waals surface area contributed by atoms with Crippen LogP contribution in [-0.2, 0) is 4.74 Å². The Morgan fingerprint density at radius 2 is 2.00 bits per heavy atom. The smallest absolute Gasteiger partial charge is 0.338 e. The summed E-state index contributed by atoms with van der Waals surface area (Å²) in [4.78, 5) is 10.8. The van der Waals surface area contributed by atoms with E-state index in [4.69, 9.17) is 5.26 Å². The molecule has 0 unspecified atom stereocenters. The van der Waals surface area contributed by atoms with E-state index >= 15 is 0 Å². The van der Waals surface area contributed by atoms with Gasteiger partial charge in [0.15, 0.2) is 0 Å². The predicted octanol–water partition coefficient (Wildman–Crippen LogP) is 1.51. The summed E-state index contributed by atoms with van der Waals surface area (Å²) in [5.41, 5.74) is 0.902. The number of esters is 1. The maximum absolute atomic E-state index is 10.8. The summed E-state index contributed by atoms with van der Waals surface area (Å²) < 4.78 is 4.24. The van der Waals surface area contributed by atoms with Crippen molar-refractivity contribution in [1.82, 2.24) is 0 Å². The second-order valence-corrected chi connectivity index (χ2v) is 2.12. The van der Waals surface area contributed by atoms with Crippen LogP contribution in [0.15, 0.2) is 24.3 Å². The first-order valence-electron chi connectivity index (χ1n) is 3.24. The number of carbonyl (C=O) groups is 1. The highest BCUT2D eigenvalue weighted by Crippen LogP contribution is 2.04. The van der Waals surface area contributed by atoms with E-state index in [9.17, 15) is 4.79 Å². The fraction of sp³-hybridized carbons (Fsp3) is 0. The predicted molar refractivity (Wildman–Crippen MR) is 41.9 cm³/mol. The van der Waals surface area contributed by atoms with Crippen molar-refractivity contribution in [2.75, 3.05) is 0 Å². The van der Waals surface area contributed by atoms with Crippen molar-refractivity contribution in [3.05, 3.63) is 42.5 Å². The van der Waals surface area contributed by atoms with E-state index in [1.165, 1.54) is 12.1 Å². The summed E-state index contributed by atoms with van der Waals surface area (Å²) in [5.74, 6) is -0.500. The first-order valence-corrected chi connectivity index (χ1v) is 3.24. The molecule has 3 nitrogen and oxygen atoms in total. The van der Waals surface area contributed by atoms with Gasteiger partial charge in [-0.25, -0.2) is 4.79 Å². The summed E-state index contributed by atoms with van der Waals surface area (Å²) in [6.45, 7) is 0. The molecule has 0 N–H and O–H groups in total. The number of nitriles is 1. The SMILES string of the molecule is [CH2]OC(=O)c1ccc(C#N)cc1. The largest absolute Gasteiger partial charge is 0.458 e. The van der Waals surface area contributed by atoms with Crippen LogP contribution in [0, 0.1) is 18.4 Å². The first kappa shape index (κ1) is 8.28. The van der Waals surface area contributed by atoms with Crippen molar-refractivity contribution in [3.8, 4) is 6.07 Å². The lowest BCUT2D eigenvalue weighted by Gasteiger charge is -1.96. The maximum Gasteiger partial charge on any atom is 0.338 e. The van der Waals surface area contributed by atoms with Crippen molar-refractivity contribution >= 4 is 5.97 Å². The van der Waals surface area contributed by atoms with E-state index in [-0.39, 0.29) is 0 Å². The van der Waals surface area contributed by atoms with Crippen LogP contribution in [-0.4, -0.2) is 5.97 Å². The molecular weight excluding hydrogens is 154 g/mol. The minimum Gasteiger partial charge on any atom is -0.458 e. The van der Waals surface area contributed by atoms with Crippen LogP contribution < -0.4 is 0 Å². The molecule has 59 valence electrons. The molecule has 0 heterocycles. The fourth-order valence-corrected chi connectivity index (χ4v) is 0.764. The lowest BCUT2D eigenvalue weighted by atomic mass is 10.1. The van der Waals surface area contributed by atoms with Crippen LogP contribution in [0.3, 0.4) is 0 Å². The second-order valence-electron chi connectivity index (χ2n) is 2.12. The lowest BCUT2D eigenvalue weighted by molar-refractivity contribution is 0.0654. The van der Waals surface area contributed by atoms with Crippen LogP contribution in [0.25, 0.3) is 0 Å². The Kier molecular flexibility index (Phi) is 2.44. The molecule has 0 amide bonds. The van der Waals surface area contributed by atoms with Gasteiger partial charge < -0.3 is 4.74 Å². The van der Waals surface area contributed by atoms with Gasteiger partial charge in [0, 0.05) is 0 Å². The van der Waals surface area contributed by atoms with Crippen molar-refractivity contribution < 1.29 is 9.53 Å². The zero-order valence-corrected chi connectivity index (χ0v) is 6.28. The lowest BCUT2D eigenvalue weighted by Crippen LogP contribution is -1.98. The van der Waals surface area contributed by atoms with Gasteiger partial charge in [-0.05, 0) is 24.3 Å². The van der Waals surface area contributed by atoms with Crippen LogP contribution in [0.4, 0.5) is 0 Å². The van der Waals surface area contributed by atoms with Crippen LogP contribution in [0.1, 0.15) is 15.9 Å². The number of hydrogen-bond donors (Lipinski definition) is 0. The molecule has 0 saturated heterocycles. The minimum atomic E-state index is -0.500. The Morgan fingerprint density at radius 1 is 1.42 bits per heavy atom. The maximum atomic E-state index is 10.8. The van der Waals surface area contributed by atoms with Crippen molar-refractivity contribution in [2.45, 2.75) is 0 Å². The third kappa shape index (κ3) is 1.61. The van der Waals surface area contributed by atoms with E-state index in [1.807, 2.05) is 6.07 Å². The van der Waals surface area contributed by atoms with Gasteiger partial charge in [0.1, 0.15) is 7.11 Å². The molecule has 0 aliphatic rings. The van der Waals surface area contributed by atoms with Crippen molar-refractivity contribution in [3.63, 3.8) is 0 Å². The Labute approximate surface area is 70.2 Å². The van der Waals surface area contributed by atoms with Gasteiger partial charge in [0.05, 0.1) is 17.2 Å². The molecule has 1 radical (unpaired) electrons. The summed E-state index contributed by atoms with van der Waals surface area (Å²) in [6.07, 6.45) is 0. The number of hydrogen-bond acceptors (Lipinski definition) is 3. The monoisotopic (exact) mass is 160 g/mol. The fourth-order valence-electron chi connectivity index (χ4n) is 0.764. The molecule has 1 aromatic carbocycles. The minimum absolute atomic E-state index is 0.393. The molecule has 12 heavy (non-hydrogen) atoms. The van der Waals surface area contributed by atoms with Gasteiger partial charge in [-0.1, -0.05) is 0 Å². The number of nitrogens with zero attached hydrogens (tertiary/aromatic N) is 1. The summed E-state index contributed by atoms with van der Waals surface area (Å²) in [6, 6.07) is 8.08. The molecule has 1 rings (SSSR count). The van der Waals surface area contributed by atoms with Gasteiger partial charge in [0.2, 0.25) is 0 Å². The van der Waals surface area contributed by atoms with Gasteiger partial charge in [-0.15, -0.1) is 0 Å². The molecule has 0 fully saturated rings. The van der Waals surface area contributed by atoms with Gasteiger partial charge in [0.25, 0.3) is 0 Å². The Balaban J connectivity index is 2.94. The summed E-state index contributed by atoms with van der Waals surface area (Å²) >= 11 is 0. The first-order chi connectivity index (χ1) is 5.77. The Bertz CT molecular complexity index is 321. The van der Waals surface area contributed by atoms with E-state index in [2.05, 4.69) is 11.8 Å². The highest BCUT2D eigenvalue weighted by atomic mass is 16.5. The molecular formula is C9H6NO2. The molecule has 0 atom stereocenters. The Morgan fingerprint density at radius 3 is 2.42 bits per heavy atom. The van der Waals surface area contributed by atoms with Crippen molar-refractivity contribution in [1.29, 1.82) is 5.26 Å². The second kappa shape index (κ2) is 3.54. The Hall–Kier alpha value is -1.82. The molecule has 0 aromatic heterocycles. The average molecular weight is 160 g/mol. The average Bonchev–Trinajstić information content (AvgIpc) is 2.17. The molecule has 3 heteroatoms. The normalized spacial score (nSPS) is 8.67. The summed E-state index contributed by atoms with van der Waals surface area (Å²) in [5, 5.41) is 8.45. The van der Waals surface area contributed by atoms with E-state index in [0.717, 1.165) is 0 Å². The molecule has 0 spiro atoms. The van der Waals surface area contributed by atoms with E-state index < -0.39 is 5.97 Å². The third-order valence-electron chi connectivity index (χ3n) is 1.38. The number of rotatable bonds is 1. The molecule has 0 bridgehead atoms. The van der Waals surface area contributed by atoms with Crippen LogP contribution in [0.5, 0.6) is 0 Å². The van der Waals surface area contributed by atoms with Crippen molar-refractivity contribution in [2.24, 2.45) is 0 Å². The van der Waals surface area contributed by atoms with Crippen LogP contribution >= 0.6 is 0 Å². The summed E-state index contributed by atoms with van der Waals surface area (Å²) in [7, 11) is 2.99. The topological polar surface area (TPSA) is 50.1 Å². The highest BCUT2D eigenvalue weighted by Gasteiger charge is 2.03. The molecule has 0 aliphatic heterocycles. The number of ether oxygens (including phenoxy) is 1. The molecule has 0 saturated carbocycles. The third-order valence-corrected chi connectivity index (χ3v) is 1.38. The number of carbonyl (C=O) groups excluding carboxylic acids is 1.